The first-order chi connectivity index (χ1) is 14.5. The number of nitrogens with zero attached hydrogens (tertiary/aromatic N) is 1. The molecule has 2 aromatic carbocycles. The van der Waals surface area contributed by atoms with Gasteiger partial charge in [0.2, 0.25) is 5.91 Å². The average Bonchev–Trinajstić information content (AvgIpc) is 3.13. The van der Waals surface area contributed by atoms with Crippen LogP contribution in [-0.2, 0) is 4.79 Å². The van der Waals surface area contributed by atoms with Gasteiger partial charge in [-0.2, -0.15) is 0 Å². The van der Waals surface area contributed by atoms with Crippen LogP contribution >= 0.6 is 0 Å². The molecule has 30 heavy (non-hydrogen) atoms. The van der Waals surface area contributed by atoms with Gasteiger partial charge in [0.25, 0.3) is 5.91 Å². The van der Waals surface area contributed by atoms with Crippen molar-refractivity contribution in [1.29, 1.82) is 0 Å². The summed E-state index contributed by atoms with van der Waals surface area (Å²) in [4.78, 5) is 32.6. The quantitative estimate of drug-likeness (QED) is 0.456. The maximum atomic E-state index is 12.6. The van der Waals surface area contributed by atoms with Crippen molar-refractivity contribution in [3.63, 3.8) is 0 Å². The normalized spacial score (nSPS) is 11.9. The van der Waals surface area contributed by atoms with Gasteiger partial charge in [-0.1, -0.05) is 18.2 Å². The minimum atomic E-state index is -0.732. The highest BCUT2D eigenvalue weighted by Gasteiger charge is 2.18. The zero-order chi connectivity index (χ0) is 21.1. The van der Waals surface area contributed by atoms with Crippen LogP contribution in [0.2, 0.25) is 0 Å². The molecule has 0 spiro atoms. The van der Waals surface area contributed by atoms with Gasteiger partial charge in [-0.25, -0.2) is 4.98 Å². The number of aromatic amines is 1. The molecule has 2 heterocycles. The molecular weight excluding hydrogens is 380 g/mol. The van der Waals surface area contributed by atoms with Gasteiger partial charge in [-0.3, -0.25) is 9.59 Å². The van der Waals surface area contributed by atoms with E-state index in [2.05, 4.69) is 20.6 Å². The van der Waals surface area contributed by atoms with E-state index in [1.165, 1.54) is 0 Å². The topological polar surface area (TPSA) is 96.1 Å². The zero-order valence-corrected chi connectivity index (χ0v) is 16.7. The predicted octanol–water partition coefficient (Wildman–Crippen LogP) is 3.87. The second-order valence-electron chi connectivity index (χ2n) is 6.93. The zero-order valence-electron chi connectivity index (χ0n) is 16.7. The fourth-order valence-corrected chi connectivity index (χ4v) is 3.26. The fraction of sp³-hybridized carbons (Fsp3) is 0.174. The summed E-state index contributed by atoms with van der Waals surface area (Å²) in [7, 11) is 0. The summed E-state index contributed by atoms with van der Waals surface area (Å²) in [6, 6.07) is 15.9. The van der Waals surface area contributed by atoms with E-state index in [-0.39, 0.29) is 11.6 Å². The van der Waals surface area contributed by atoms with Gasteiger partial charge in [0.1, 0.15) is 17.5 Å². The monoisotopic (exact) mass is 402 g/mol. The third-order valence-electron chi connectivity index (χ3n) is 4.80. The maximum absolute atomic E-state index is 12.6. The van der Waals surface area contributed by atoms with E-state index in [0.717, 1.165) is 27.6 Å². The number of aromatic nitrogens is 2. The molecule has 0 aliphatic heterocycles. The molecule has 7 nitrogen and oxygen atoms in total. The third-order valence-corrected chi connectivity index (χ3v) is 4.80. The van der Waals surface area contributed by atoms with Gasteiger partial charge in [-0.05, 0) is 50.2 Å². The Labute approximate surface area is 173 Å². The van der Waals surface area contributed by atoms with Crippen molar-refractivity contribution in [3.8, 4) is 5.75 Å². The number of carbonyl (C=O) groups is 2. The van der Waals surface area contributed by atoms with Crippen molar-refractivity contribution in [1.82, 2.24) is 15.3 Å². The molecule has 4 aromatic rings. The second kappa shape index (κ2) is 8.24. The molecule has 0 saturated heterocycles. The number of hydrogen-bond acceptors (Lipinski definition) is 4. The van der Waals surface area contributed by atoms with E-state index >= 15 is 0 Å². The number of carbonyl (C=O) groups excluding carboxylic acids is 2. The lowest BCUT2D eigenvalue weighted by Crippen LogP contribution is -2.41. The predicted molar refractivity (Wildman–Crippen MR) is 117 cm³/mol. The molecule has 7 heteroatoms. The molecule has 1 atom stereocenters. The summed E-state index contributed by atoms with van der Waals surface area (Å²) in [5.41, 5.74) is 2.72. The van der Waals surface area contributed by atoms with Gasteiger partial charge >= 0.3 is 0 Å². The first-order valence-electron chi connectivity index (χ1n) is 9.76. The van der Waals surface area contributed by atoms with Crippen LogP contribution in [0.1, 0.15) is 24.3 Å². The summed E-state index contributed by atoms with van der Waals surface area (Å²) in [5.74, 6) is 0.00723. The van der Waals surface area contributed by atoms with Crippen molar-refractivity contribution in [2.24, 2.45) is 0 Å². The standard InChI is InChI=1S/C23H22N4O3/c1-3-30-16-10-8-15(9-11-16)26-22(28)14(2)25-23(29)20-12-18-17-6-4-5-7-19(17)27-21(18)13-24-20/h4-14,27H,3H2,1-2H3,(H,25,29)(H,26,28). The Morgan fingerprint density at radius 3 is 2.60 bits per heavy atom. The largest absolute Gasteiger partial charge is 0.494 e. The number of ether oxygens (including phenoxy) is 1. The van der Waals surface area contributed by atoms with E-state index in [1.54, 1.807) is 43.5 Å². The minimum Gasteiger partial charge on any atom is -0.494 e. The molecule has 0 bridgehead atoms. The summed E-state index contributed by atoms with van der Waals surface area (Å²) in [6.07, 6.45) is 1.63. The lowest BCUT2D eigenvalue weighted by molar-refractivity contribution is -0.117. The van der Waals surface area contributed by atoms with Crippen LogP contribution in [-0.4, -0.2) is 34.4 Å². The van der Waals surface area contributed by atoms with Crippen molar-refractivity contribution >= 4 is 39.3 Å². The van der Waals surface area contributed by atoms with Gasteiger partial charge in [0, 0.05) is 22.0 Å². The van der Waals surface area contributed by atoms with Gasteiger partial charge in [0.05, 0.1) is 18.3 Å². The summed E-state index contributed by atoms with van der Waals surface area (Å²) in [5, 5.41) is 7.42. The highest BCUT2D eigenvalue weighted by atomic mass is 16.5. The molecule has 0 aliphatic rings. The average molecular weight is 402 g/mol. The molecule has 4 rings (SSSR count). The summed E-state index contributed by atoms with van der Waals surface area (Å²) in [6.45, 7) is 4.12. The number of amides is 2. The second-order valence-corrected chi connectivity index (χ2v) is 6.93. The van der Waals surface area contributed by atoms with Crippen LogP contribution in [0.25, 0.3) is 21.8 Å². The fourth-order valence-electron chi connectivity index (χ4n) is 3.26. The van der Waals surface area contributed by atoms with Crippen LogP contribution in [0, 0.1) is 0 Å². The Kier molecular flexibility index (Phi) is 5.34. The number of benzene rings is 2. The van der Waals surface area contributed by atoms with Crippen LogP contribution < -0.4 is 15.4 Å². The Balaban J connectivity index is 1.44. The molecule has 152 valence electrons. The molecule has 2 aromatic heterocycles. The molecule has 3 N–H and O–H groups in total. The van der Waals surface area contributed by atoms with Gasteiger partial charge < -0.3 is 20.4 Å². The number of pyridine rings is 1. The Morgan fingerprint density at radius 2 is 1.83 bits per heavy atom. The van der Waals surface area contributed by atoms with Crippen LogP contribution in [0.4, 0.5) is 5.69 Å². The van der Waals surface area contributed by atoms with Crippen molar-refractivity contribution in [2.75, 3.05) is 11.9 Å². The third kappa shape index (κ3) is 3.96. The molecular formula is C23H22N4O3. The first-order valence-corrected chi connectivity index (χ1v) is 9.76. The van der Waals surface area contributed by atoms with Gasteiger partial charge in [-0.15, -0.1) is 0 Å². The molecule has 0 radical (unpaired) electrons. The molecule has 0 saturated carbocycles. The summed E-state index contributed by atoms with van der Waals surface area (Å²) >= 11 is 0. The highest BCUT2D eigenvalue weighted by Crippen LogP contribution is 2.25. The number of para-hydroxylation sites is 1. The van der Waals surface area contributed by atoms with E-state index in [4.69, 9.17) is 4.74 Å². The number of anilines is 1. The van der Waals surface area contributed by atoms with E-state index in [0.29, 0.717) is 12.3 Å². The Morgan fingerprint density at radius 1 is 1.07 bits per heavy atom. The molecule has 0 aliphatic carbocycles. The Hall–Kier alpha value is -3.87. The van der Waals surface area contributed by atoms with Crippen molar-refractivity contribution < 1.29 is 14.3 Å². The number of rotatable bonds is 6. The van der Waals surface area contributed by atoms with E-state index in [9.17, 15) is 9.59 Å². The number of nitrogens with one attached hydrogen (secondary N) is 3. The lowest BCUT2D eigenvalue weighted by atomic mass is 10.1. The molecule has 1 unspecified atom stereocenters. The van der Waals surface area contributed by atoms with Crippen LogP contribution in [0.15, 0.2) is 60.8 Å². The van der Waals surface area contributed by atoms with Gasteiger partial charge in [0.15, 0.2) is 0 Å². The number of hydrogen-bond donors (Lipinski definition) is 3. The molecule has 0 fully saturated rings. The SMILES string of the molecule is CCOc1ccc(NC(=O)C(C)NC(=O)c2cc3c(cn2)[nH]c2ccccc23)cc1. The van der Waals surface area contributed by atoms with E-state index < -0.39 is 11.9 Å². The van der Waals surface area contributed by atoms with Crippen LogP contribution in [0.3, 0.4) is 0 Å². The van der Waals surface area contributed by atoms with E-state index in [1.807, 2.05) is 31.2 Å². The minimum absolute atomic E-state index is 0.257. The number of H-pyrrole nitrogens is 1. The number of fused-ring (bicyclic) bond motifs is 3. The summed E-state index contributed by atoms with van der Waals surface area (Å²) < 4.78 is 5.39. The lowest BCUT2D eigenvalue weighted by Gasteiger charge is -2.14. The van der Waals surface area contributed by atoms with Crippen LogP contribution in [0.5, 0.6) is 5.75 Å². The molecule has 2 amide bonds. The van der Waals surface area contributed by atoms with Crippen molar-refractivity contribution in [2.45, 2.75) is 19.9 Å². The van der Waals surface area contributed by atoms with Crippen molar-refractivity contribution in [3.05, 3.63) is 66.5 Å². The smallest absolute Gasteiger partial charge is 0.270 e. The highest BCUT2D eigenvalue weighted by molar-refractivity contribution is 6.09. The maximum Gasteiger partial charge on any atom is 0.270 e. The first kappa shape index (κ1) is 19.4. The Bertz CT molecular complexity index is 1210.